The predicted molar refractivity (Wildman–Crippen MR) is 78.9 cm³/mol. The fraction of sp³-hybridized carbons (Fsp3) is 0.429. The summed E-state index contributed by atoms with van der Waals surface area (Å²) in [6, 6.07) is 6.43. The zero-order valence-corrected chi connectivity index (χ0v) is 12.2. The lowest BCUT2D eigenvalue weighted by molar-refractivity contribution is 0.143. The molecule has 1 aromatic carbocycles. The second-order valence-corrected chi connectivity index (χ2v) is 4.50. The van der Waals surface area contributed by atoms with E-state index < -0.39 is 0 Å². The number of nitrogens with zero attached hydrogens (tertiary/aromatic N) is 1. The van der Waals surface area contributed by atoms with E-state index in [0.29, 0.717) is 36.0 Å². The molecule has 0 fully saturated rings. The van der Waals surface area contributed by atoms with Crippen LogP contribution in [0.15, 0.2) is 18.2 Å². The molecular weight excluding hydrogens is 278 g/mol. The molecular formula is C14H18ClN3O2. The van der Waals surface area contributed by atoms with Crippen molar-refractivity contribution in [3.05, 3.63) is 28.8 Å². The number of carbonyl (C=O) groups excluding carboxylic acids is 1. The number of ether oxygens (including phenoxy) is 1. The molecule has 0 aliphatic heterocycles. The standard InChI is InChI=1S/C14H18ClN3O2/c1-2-20-8-4-3-7-17-14(19)18-12-6-5-11(10-16)13(15)9-12/h5-6,9H,2-4,7-8H2,1H3,(H2,17,18,19). The highest BCUT2D eigenvalue weighted by atomic mass is 35.5. The maximum atomic E-state index is 11.6. The minimum Gasteiger partial charge on any atom is -0.382 e. The van der Waals surface area contributed by atoms with E-state index in [0.717, 1.165) is 12.8 Å². The topological polar surface area (TPSA) is 74.2 Å². The molecule has 6 heteroatoms. The third kappa shape index (κ3) is 5.91. The Morgan fingerprint density at radius 3 is 2.90 bits per heavy atom. The maximum absolute atomic E-state index is 11.6. The number of nitrogens with one attached hydrogen (secondary N) is 2. The molecule has 108 valence electrons. The highest BCUT2D eigenvalue weighted by Gasteiger charge is 2.04. The van der Waals surface area contributed by atoms with Crippen molar-refractivity contribution in [2.45, 2.75) is 19.8 Å². The highest BCUT2D eigenvalue weighted by molar-refractivity contribution is 6.32. The van der Waals surface area contributed by atoms with Gasteiger partial charge in [0.15, 0.2) is 0 Å². The van der Waals surface area contributed by atoms with E-state index in [9.17, 15) is 4.79 Å². The minimum atomic E-state index is -0.290. The molecule has 1 aromatic rings. The van der Waals surface area contributed by atoms with Gasteiger partial charge < -0.3 is 15.4 Å². The monoisotopic (exact) mass is 295 g/mol. The van der Waals surface area contributed by atoms with Crippen LogP contribution in [0.2, 0.25) is 5.02 Å². The van der Waals surface area contributed by atoms with E-state index >= 15 is 0 Å². The Kier molecular flexibility index (Phi) is 7.48. The molecule has 0 atom stereocenters. The summed E-state index contributed by atoms with van der Waals surface area (Å²) in [5, 5.41) is 14.5. The average Bonchev–Trinajstić information content (AvgIpc) is 2.43. The number of unbranched alkanes of at least 4 members (excludes halogenated alkanes) is 1. The van der Waals surface area contributed by atoms with Gasteiger partial charge in [-0.05, 0) is 38.0 Å². The van der Waals surface area contributed by atoms with Crippen molar-refractivity contribution in [1.82, 2.24) is 5.32 Å². The summed E-state index contributed by atoms with van der Waals surface area (Å²) < 4.78 is 5.20. The molecule has 0 aliphatic rings. The molecule has 0 saturated carbocycles. The van der Waals surface area contributed by atoms with Crippen molar-refractivity contribution < 1.29 is 9.53 Å². The van der Waals surface area contributed by atoms with E-state index in [1.54, 1.807) is 18.2 Å². The quantitative estimate of drug-likeness (QED) is 0.759. The van der Waals surface area contributed by atoms with Gasteiger partial charge in [-0.3, -0.25) is 0 Å². The van der Waals surface area contributed by atoms with Gasteiger partial charge >= 0.3 is 6.03 Å². The van der Waals surface area contributed by atoms with Crippen LogP contribution < -0.4 is 10.6 Å². The number of halogens is 1. The Balaban J connectivity index is 2.29. The van der Waals surface area contributed by atoms with Gasteiger partial charge in [-0.2, -0.15) is 5.26 Å². The minimum absolute atomic E-state index is 0.290. The third-order valence-corrected chi connectivity index (χ3v) is 2.87. The maximum Gasteiger partial charge on any atom is 0.319 e. The summed E-state index contributed by atoms with van der Waals surface area (Å²) in [5.74, 6) is 0. The molecule has 5 nitrogen and oxygen atoms in total. The molecule has 2 N–H and O–H groups in total. The van der Waals surface area contributed by atoms with Gasteiger partial charge in [-0.25, -0.2) is 4.79 Å². The van der Waals surface area contributed by atoms with Crippen LogP contribution in [0.3, 0.4) is 0 Å². The molecule has 0 heterocycles. The predicted octanol–water partition coefficient (Wildman–Crippen LogP) is 3.15. The number of benzene rings is 1. The largest absolute Gasteiger partial charge is 0.382 e. The molecule has 2 amide bonds. The molecule has 1 rings (SSSR count). The summed E-state index contributed by atoms with van der Waals surface area (Å²) >= 11 is 5.88. The Morgan fingerprint density at radius 2 is 2.25 bits per heavy atom. The van der Waals surface area contributed by atoms with Crippen molar-refractivity contribution in [2.24, 2.45) is 0 Å². The van der Waals surface area contributed by atoms with Gasteiger partial charge in [0.1, 0.15) is 6.07 Å². The van der Waals surface area contributed by atoms with Crippen molar-refractivity contribution in [2.75, 3.05) is 25.1 Å². The van der Waals surface area contributed by atoms with Crippen LogP contribution >= 0.6 is 11.6 Å². The van der Waals surface area contributed by atoms with Gasteiger partial charge in [-0.15, -0.1) is 0 Å². The number of hydrogen-bond donors (Lipinski definition) is 2. The van der Waals surface area contributed by atoms with E-state index in [1.807, 2.05) is 13.0 Å². The van der Waals surface area contributed by atoms with Crippen LogP contribution in [-0.2, 0) is 4.74 Å². The molecule has 0 spiro atoms. The number of hydrogen-bond acceptors (Lipinski definition) is 3. The molecule has 0 unspecified atom stereocenters. The van der Waals surface area contributed by atoms with Crippen LogP contribution in [0, 0.1) is 11.3 Å². The van der Waals surface area contributed by atoms with Crippen LogP contribution in [0.5, 0.6) is 0 Å². The Bertz CT molecular complexity index is 486. The smallest absolute Gasteiger partial charge is 0.319 e. The first kappa shape index (κ1) is 16.3. The first-order chi connectivity index (χ1) is 9.67. The van der Waals surface area contributed by atoms with Crippen molar-refractivity contribution in [3.63, 3.8) is 0 Å². The van der Waals surface area contributed by atoms with Gasteiger partial charge in [0.2, 0.25) is 0 Å². The van der Waals surface area contributed by atoms with Crippen molar-refractivity contribution in [3.8, 4) is 6.07 Å². The van der Waals surface area contributed by atoms with Crippen LogP contribution in [0.25, 0.3) is 0 Å². The number of nitriles is 1. The van der Waals surface area contributed by atoms with Crippen LogP contribution in [0.1, 0.15) is 25.3 Å². The molecule has 20 heavy (non-hydrogen) atoms. The van der Waals surface area contributed by atoms with E-state index in [-0.39, 0.29) is 6.03 Å². The second kappa shape index (κ2) is 9.18. The molecule has 0 aliphatic carbocycles. The lowest BCUT2D eigenvalue weighted by Gasteiger charge is -2.08. The van der Waals surface area contributed by atoms with E-state index in [4.69, 9.17) is 21.6 Å². The van der Waals surface area contributed by atoms with Gasteiger partial charge in [0, 0.05) is 25.4 Å². The van der Waals surface area contributed by atoms with Gasteiger partial charge in [0.05, 0.1) is 10.6 Å². The first-order valence-corrected chi connectivity index (χ1v) is 6.87. The highest BCUT2D eigenvalue weighted by Crippen LogP contribution is 2.19. The summed E-state index contributed by atoms with van der Waals surface area (Å²) in [7, 11) is 0. The average molecular weight is 296 g/mol. The van der Waals surface area contributed by atoms with E-state index in [1.165, 1.54) is 0 Å². The number of anilines is 1. The fourth-order valence-electron chi connectivity index (χ4n) is 1.53. The SMILES string of the molecule is CCOCCCCNC(=O)Nc1ccc(C#N)c(Cl)c1. The summed E-state index contributed by atoms with van der Waals surface area (Å²) in [6.45, 7) is 3.97. The van der Waals surface area contributed by atoms with Crippen molar-refractivity contribution >= 4 is 23.3 Å². The normalized spacial score (nSPS) is 9.85. The first-order valence-electron chi connectivity index (χ1n) is 6.49. The van der Waals surface area contributed by atoms with Gasteiger partial charge in [-0.1, -0.05) is 11.6 Å². The lowest BCUT2D eigenvalue weighted by Crippen LogP contribution is -2.29. The Labute approximate surface area is 123 Å². The van der Waals surface area contributed by atoms with Gasteiger partial charge in [0.25, 0.3) is 0 Å². The zero-order chi connectivity index (χ0) is 14.8. The number of rotatable bonds is 7. The molecule has 0 saturated heterocycles. The number of amides is 2. The molecule has 0 bridgehead atoms. The zero-order valence-electron chi connectivity index (χ0n) is 11.4. The Hall–Kier alpha value is -1.77. The third-order valence-electron chi connectivity index (χ3n) is 2.55. The molecule has 0 radical (unpaired) electrons. The van der Waals surface area contributed by atoms with E-state index in [2.05, 4.69) is 10.6 Å². The molecule has 0 aromatic heterocycles. The Morgan fingerprint density at radius 1 is 1.45 bits per heavy atom. The number of urea groups is 1. The van der Waals surface area contributed by atoms with Crippen LogP contribution in [0.4, 0.5) is 10.5 Å². The number of carbonyl (C=O) groups is 1. The van der Waals surface area contributed by atoms with Crippen LogP contribution in [-0.4, -0.2) is 25.8 Å². The summed E-state index contributed by atoms with van der Waals surface area (Å²) in [4.78, 5) is 11.6. The lowest BCUT2D eigenvalue weighted by atomic mass is 10.2. The fourth-order valence-corrected chi connectivity index (χ4v) is 1.76. The van der Waals surface area contributed by atoms with Crippen molar-refractivity contribution in [1.29, 1.82) is 5.26 Å². The summed E-state index contributed by atoms with van der Waals surface area (Å²) in [5.41, 5.74) is 0.939. The second-order valence-electron chi connectivity index (χ2n) is 4.09. The summed E-state index contributed by atoms with van der Waals surface area (Å²) in [6.07, 6.45) is 1.78.